The second-order valence-corrected chi connectivity index (χ2v) is 4.41. The van der Waals surface area contributed by atoms with Gasteiger partial charge >= 0.3 is 5.97 Å². The van der Waals surface area contributed by atoms with E-state index in [1.54, 1.807) is 11.8 Å². The third kappa shape index (κ3) is 2.88. The van der Waals surface area contributed by atoms with E-state index in [0.29, 0.717) is 19.7 Å². The fourth-order valence-corrected chi connectivity index (χ4v) is 2.15. The van der Waals surface area contributed by atoms with E-state index < -0.39 is 0 Å². The van der Waals surface area contributed by atoms with Gasteiger partial charge in [0.1, 0.15) is 0 Å². The second-order valence-electron chi connectivity index (χ2n) is 4.41. The summed E-state index contributed by atoms with van der Waals surface area (Å²) in [6.07, 6.45) is 0.270. The van der Waals surface area contributed by atoms with Crippen molar-refractivity contribution in [2.45, 2.75) is 19.9 Å². The maximum atomic E-state index is 11.8. The summed E-state index contributed by atoms with van der Waals surface area (Å²) in [6, 6.07) is 9.78. The zero-order valence-electron chi connectivity index (χ0n) is 10.5. The highest BCUT2D eigenvalue weighted by molar-refractivity contribution is 5.86. The molecule has 0 aliphatic carbocycles. The SMILES string of the molecule is CCOC(=O)[C@@H]1CC(=O)N(Cc2ccccc2)C1. The number of ether oxygens (including phenoxy) is 1. The molecular weight excluding hydrogens is 230 g/mol. The lowest BCUT2D eigenvalue weighted by molar-refractivity contribution is -0.147. The first-order valence-electron chi connectivity index (χ1n) is 6.19. The lowest BCUT2D eigenvalue weighted by Gasteiger charge is -2.16. The zero-order chi connectivity index (χ0) is 13.0. The van der Waals surface area contributed by atoms with Crippen molar-refractivity contribution in [1.82, 2.24) is 4.90 Å². The fraction of sp³-hybridized carbons (Fsp3) is 0.429. The minimum atomic E-state index is -0.304. The van der Waals surface area contributed by atoms with Gasteiger partial charge in [-0.3, -0.25) is 9.59 Å². The van der Waals surface area contributed by atoms with E-state index in [2.05, 4.69) is 0 Å². The van der Waals surface area contributed by atoms with Crippen LogP contribution in [0.15, 0.2) is 30.3 Å². The van der Waals surface area contributed by atoms with Gasteiger partial charge in [0.2, 0.25) is 5.91 Å². The molecule has 4 heteroatoms. The van der Waals surface area contributed by atoms with Crippen molar-refractivity contribution in [3.63, 3.8) is 0 Å². The quantitative estimate of drug-likeness (QED) is 0.759. The predicted octanol–water partition coefficient (Wildman–Crippen LogP) is 1.60. The van der Waals surface area contributed by atoms with Crippen LogP contribution in [0.25, 0.3) is 0 Å². The molecule has 0 N–H and O–H groups in total. The van der Waals surface area contributed by atoms with Crippen molar-refractivity contribution in [3.05, 3.63) is 35.9 Å². The first-order chi connectivity index (χ1) is 8.70. The number of rotatable bonds is 4. The van der Waals surface area contributed by atoms with Crippen LogP contribution in [0.2, 0.25) is 0 Å². The zero-order valence-corrected chi connectivity index (χ0v) is 10.5. The number of nitrogens with zero attached hydrogens (tertiary/aromatic N) is 1. The number of benzene rings is 1. The van der Waals surface area contributed by atoms with E-state index in [1.165, 1.54) is 0 Å². The molecule has 1 amide bonds. The summed E-state index contributed by atoms with van der Waals surface area (Å²) < 4.78 is 4.95. The van der Waals surface area contributed by atoms with Gasteiger partial charge in [0.25, 0.3) is 0 Å². The van der Waals surface area contributed by atoms with Gasteiger partial charge in [-0.25, -0.2) is 0 Å². The van der Waals surface area contributed by atoms with E-state index in [0.717, 1.165) is 5.56 Å². The number of carbonyl (C=O) groups is 2. The highest BCUT2D eigenvalue weighted by Crippen LogP contribution is 2.21. The molecule has 1 aromatic rings. The molecule has 1 atom stereocenters. The van der Waals surface area contributed by atoms with Crippen molar-refractivity contribution in [1.29, 1.82) is 0 Å². The summed E-state index contributed by atoms with van der Waals surface area (Å²) in [7, 11) is 0. The fourth-order valence-electron chi connectivity index (χ4n) is 2.15. The van der Waals surface area contributed by atoms with Gasteiger partial charge in [-0.2, -0.15) is 0 Å². The van der Waals surface area contributed by atoms with Crippen LogP contribution in [0, 0.1) is 5.92 Å². The van der Waals surface area contributed by atoms with E-state index in [1.807, 2.05) is 30.3 Å². The monoisotopic (exact) mass is 247 g/mol. The Morgan fingerprint density at radius 3 is 2.78 bits per heavy atom. The average molecular weight is 247 g/mol. The maximum Gasteiger partial charge on any atom is 0.311 e. The molecule has 0 radical (unpaired) electrons. The van der Waals surface area contributed by atoms with Gasteiger partial charge in [0.15, 0.2) is 0 Å². The first-order valence-corrected chi connectivity index (χ1v) is 6.19. The van der Waals surface area contributed by atoms with E-state index >= 15 is 0 Å². The summed E-state index contributed by atoms with van der Waals surface area (Å²) in [4.78, 5) is 25.1. The number of hydrogen-bond acceptors (Lipinski definition) is 3. The Morgan fingerprint density at radius 1 is 1.39 bits per heavy atom. The van der Waals surface area contributed by atoms with Crippen molar-refractivity contribution in [3.8, 4) is 0 Å². The van der Waals surface area contributed by atoms with E-state index in [-0.39, 0.29) is 24.2 Å². The predicted molar refractivity (Wildman–Crippen MR) is 66.6 cm³/mol. The van der Waals surface area contributed by atoms with Crippen LogP contribution >= 0.6 is 0 Å². The Labute approximate surface area is 107 Å². The van der Waals surface area contributed by atoms with Crippen LogP contribution in [0.1, 0.15) is 18.9 Å². The molecule has 1 aliphatic heterocycles. The molecule has 0 saturated carbocycles. The molecule has 18 heavy (non-hydrogen) atoms. The van der Waals surface area contributed by atoms with Crippen LogP contribution in [0.4, 0.5) is 0 Å². The van der Waals surface area contributed by atoms with Gasteiger partial charge < -0.3 is 9.64 Å². The van der Waals surface area contributed by atoms with Crippen molar-refractivity contribution in [2.75, 3.05) is 13.2 Å². The summed E-state index contributed by atoms with van der Waals surface area (Å²) in [5.41, 5.74) is 1.08. The number of likely N-dealkylation sites (tertiary alicyclic amines) is 1. The topological polar surface area (TPSA) is 46.6 Å². The van der Waals surface area contributed by atoms with E-state index in [9.17, 15) is 9.59 Å². The number of amides is 1. The van der Waals surface area contributed by atoms with Gasteiger partial charge in [-0.15, -0.1) is 0 Å². The first kappa shape index (κ1) is 12.6. The lowest BCUT2D eigenvalue weighted by Crippen LogP contribution is -2.26. The Balaban J connectivity index is 1.95. The summed E-state index contributed by atoms with van der Waals surface area (Å²) in [5.74, 6) is -0.542. The molecule has 0 unspecified atom stereocenters. The third-order valence-corrected chi connectivity index (χ3v) is 3.05. The molecule has 1 heterocycles. The van der Waals surface area contributed by atoms with Crippen LogP contribution in [-0.4, -0.2) is 29.9 Å². The molecule has 1 aromatic carbocycles. The third-order valence-electron chi connectivity index (χ3n) is 3.05. The molecule has 4 nitrogen and oxygen atoms in total. The molecule has 0 spiro atoms. The van der Waals surface area contributed by atoms with Gasteiger partial charge in [-0.05, 0) is 12.5 Å². The Kier molecular flexibility index (Phi) is 3.97. The minimum absolute atomic E-state index is 0.0249. The molecule has 96 valence electrons. The Bertz CT molecular complexity index is 430. The number of carbonyl (C=O) groups excluding carboxylic acids is 2. The Morgan fingerprint density at radius 2 is 2.11 bits per heavy atom. The summed E-state index contributed by atoms with van der Waals surface area (Å²) in [6.45, 7) is 3.17. The number of hydrogen-bond donors (Lipinski definition) is 0. The summed E-state index contributed by atoms with van der Waals surface area (Å²) >= 11 is 0. The Hall–Kier alpha value is -1.84. The highest BCUT2D eigenvalue weighted by atomic mass is 16.5. The van der Waals surface area contributed by atoms with Crippen molar-refractivity contribution < 1.29 is 14.3 Å². The molecular formula is C14H17NO3. The van der Waals surface area contributed by atoms with Crippen LogP contribution in [0.3, 0.4) is 0 Å². The second kappa shape index (κ2) is 5.67. The minimum Gasteiger partial charge on any atom is -0.466 e. The smallest absolute Gasteiger partial charge is 0.311 e. The molecule has 1 fully saturated rings. The van der Waals surface area contributed by atoms with Crippen LogP contribution in [-0.2, 0) is 20.9 Å². The molecule has 0 bridgehead atoms. The van der Waals surface area contributed by atoms with Crippen LogP contribution < -0.4 is 0 Å². The summed E-state index contributed by atoms with van der Waals surface area (Å²) in [5, 5.41) is 0. The van der Waals surface area contributed by atoms with Gasteiger partial charge in [0, 0.05) is 19.5 Å². The molecule has 2 rings (SSSR count). The van der Waals surface area contributed by atoms with Gasteiger partial charge in [-0.1, -0.05) is 30.3 Å². The molecule has 1 aliphatic rings. The molecule has 0 aromatic heterocycles. The maximum absolute atomic E-state index is 11.8. The van der Waals surface area contributed by atoms with E-state index in [4.69, 9.17) is 4.74 Å². The molecule has 1 saturated heterocycles. The largest absolute Gasteiger partial charge is 0.466 e. The normalized spacial score (nSPS) is 19.1. The highest BCUT2D eigenvalue weighted by Gasteiger charge is 2.34. The average Bonchev–Trinajstić information content (AvgIpc) is 2.73. The number of esters is 1. The van der Waals surface area contributed by atoms with Crippen molar-refractivity contribution in [2.24, 2.45) is 5.92 Å². The van der Waals surface area contributed by atoms with Gasteiger partial charge in [0.05, 0.1) is 12.5 Å². The lowest BCUT2D eigenvalue weighted by atomic mass is 10.1. The van der Waals surface area contributed by atoms with Crippen LogP contribution in [0.5, 0.6) is 0 Å². The standard InChI is InChI=1S/C14H17NO3/c1-2-18-14(17)12-8-13(16)15(10-12)9-11-6-4-3-5-7-11/h3-7,12H,2,8-10H2,1H3/t12-/m1/s1. The van der Waals surface area contributed by atoms with Crippen molar-refractivity contribution >= 4 is 11.9 Å².